The van der Waals surface area contributed by atoms with Gasteiger partial charge in [-0.05, 0) is 61.6 Å². The summed E-state index contributed by atoms with van der Waals surface area (Å²) in [5.41, 5.74) is 8.34. The summed E-state index contributed by atoms with van der Waals surface area (Å²) in [6, 6.07) is 16.2. The van der Waals surface area contributed by atoms with E-state index < -0.39 is 0 Å². The standard InChI is InChI=1S/C19H25NO2/c1-15-7-5-9-17(13-15)22-12-6-8-16(14-20)18-10-3-4-11-19(18)21-2/h3-5,7,9-11,13,16H,6,8,12,14,20H2,1-2H3. The number of para-hydroxylation sites is 1. The first-order valence-corrected chi connectivity index (χ1v) is 7.77. The maximum atomic E-state index is 5.95. The van der Waals surface area contributed by atoms with E-state index in [4.69, 9.17) is 15.2 Å². The van der Waals surface area contributed by atoms with E-state index in [2.05, 4.69) is 25.1 Å². The summed E-state index contributed by atoms with van der Waals surface area (Å²) in [6.45, 7) is 3.39. The van der Waals surface area contributed by atoms with Crippen molar-refractivity contribution in [2.75, 3.05) is 20.3 Å². The minimum Gasteiger partial charge on any atom is -0.496 e. The summed E-state index contributed by atoms with van der Waals surface area (Å²) in [5.74, 6) is 2.15. The zero-order valence-electron chi connectivity index (χ0n) is 13.4. The number of hydrogen-bond donors (Lipinski definition) is 1. The van der Waals surface area contributed by atoms with Crippen molar-refractivity contribution in [3.63, 3.8) is 0 Å². The van der Waals surface area contributed by atoms with Crippen LogP contribution < -0.4 is 15.2 Å². The van der Waals surface area contributed by atoms with Crippen molar-refractivity contribution < 1.29 is 9.47 Å². The fourth-order valence-corrected chi connectivity index (χ4v) is 2.63. The second-order valence-corrected chi connectivity index (χ2v) is 5.48. The average molecular weight is 299 g/mol. The van der Waals surface area contributed by atoms with Crippen molar-refractivity contribution in [3.8, 4) is 11.5 Å². The molecule has 118 valence electrons. The first kappa shape index (κ1) is 16.4. The highest BCUT2D eigenvalue weighted by Gasteiger charge is 2.14. The van der Waals surface area contributed by atoms with Crippen LogP contribution >= 0.6 is 0 Å². The third kappa shape index (κ3) is 4.50. The Morgan fingerprint density at radius 1 is 1.09 bits per heavy atom. The number of nitrogens with two attached hydrogens (primary N) is 1. The van der Waals surface area contributed by atoms with Gasteiger partial charge in [-0.25, -0.2) is 0 Å². The zero-order valence-corrected chi connectivity index (χ0v) is 13.4. The molecule has 0 fully saturated rings. The Balaban J connectivity index is 1.86. The topological polar surface area (TPSA) is 44.5 Å². The van der Waals surface area contributed by atoms with Gasteiger partial charge in [0.2, 0.25) is 0 Å². The van der Waals surface area contributed by atoms with Crippen molar-refractivity contribution in [2.24, 2.45) is 5.73 Å². The molecule has 0 saturated carbocycles. The molecule has 2 aromatic rings. The lowest BCUT2D eigenvalue weighted by Gasteiger charge is -2.18. The van der Waals surface area contributed by atoms with E-state index in [9.17, 15) is 0 Å². The maximum absolute atomic E-state index is 5.95. The molecular weight excluding hydrogens is 274 g/mol. The Kier molecular flexibility index (Phi) is 6.28. The van der Waals surface area contributed by atoms with Crippen LogP contribution in [0.15, 0.2) is 48.5 Å². The molecule has 3 nitrogen and oxygen atoms in total. The Bertz CT molecular complexity index is 583. The zero-order chi connectivity index (χ0) is 15.8. The number of ether oxygens (including phenoxy) is 2. The molecule has 1 unspecified atom stereocenters. The minimum atomic E-state index is 0.303. The van der Waals surface area contributed by atoms with Crippen molar-refractivity contribution >= 4 is 0 Å². The summed E-state index contributed by atoms with van der Waals surface area (Å²) in [7, 11) is 1.70. The Morgan fingerprint density at radius 2 is 1.91 bits per heavy atom. The van der Waals surface area contributed by atoms with E-state index in [-0.39, 0.29) is 0 Å². The van der Waals surface area contributed by atoms with E-state index >= 15 is 0 Å². The van der Waals surface area contributed by atoms with Crippen LogP contribution in [0.3, 0.4) is 0 Å². The van der Waals surface area contributed by atoms with Gasteiger partial charge in [0.15, 0.2) is 0 Å². The molecule has 0 aromatic heterocycles. The third-order valence-electron chi connectivity index (χ3n) is 3.82. The molecule has 0 radical (unpaired) electrons. The first-order valence-electron chi connectivity index (χ1n) is 7.77. The highest BCUT2D eigenvalue weighted by molar-refractivity contribution is 5.36. The van der Waals surface area contributed by atoms with E-state index in [1.54, 1.807) is 7.11 Å². The van der Waals surface area contributed by atoms with Crippen molar-refractivity contribution in [2.45, 2.75) is 25.7 Å². The Hall–Kier alpha value is -2.00. The SMILES string of the molecule is COc1ccccc1C(CN)CCCOc1cccc(C)c1. The summed E-state index contributed by atoms with van der Waals surface area (Å²) in [4.78, 5) is 0. The molecule has 22 heavy (non-hydrogen) atoms. The van der Waals surface area contributed by atoms with E-state index in [0.717, 1.165) is 24.3 Å². The number of benzene rings is 2. The normalized spacial score (nSPS) is 12.0. The van der Waals surface area contributed by atoms with Gasteiger partial charge in [-0.2, -0.15) is 0 Å². The molecule has 0 aliphatic carbocycles. The second-order valence-electron chi connectivity index (χ2n) is 5.48. The van der Waals surface area contributed by atoms with E-state index in [1.165, 1.54) is 11.1 Å². The van der Waals surface area contributed by atoms with Gasteiger partial charge in [0.25, 0.3) is 0 Å². The summed E-state index contributed by atoms with van der Waals surface area (Å²) in [6.07, 6.45) is 1.95. The Morgan fingerprint density at radius 3 is 2.64 bits per heavy atom. The molecule has 0 bridgehead atoms. The van der Waals surface area contributed by atoms with Crippen LogP contribution in [0.2, 0.25) is 0 Å². The van der Waals surface area contributed by atoms with Crippen LogP contribution in [0, 0.1) is 6.92 Å². The van der Waals surface area contributed by atoms with Gasteiger partial charge in [-0.1, -0.05) is 30.3 Å². The average Bonchev–Trinajstić information content (AvgIpc) is 2.55. The van der Waals surface area contributed by atoms with Gasteiger partial charge >= 0.3 is 0 Å². The van der Waals surface area contributed by atoms with Crippen LogP contribution in [-0.2, 0) is 0 Å². The number of methoxy groups -OCH3 is 1. The van der Waals surface area contributed by atoms with Gasteiger partial charge in [0, 0.05) is 0 Å². The van der Waals surface area contributed by atoms with Crippen molar-refractivity contribution in [1.82, 2.24) is 0 Å². The lowest BCUT2D eigenvalue weighted by molar-refractivity contribution is 0.300. The number of hydrogen-bond acceptors (Lipinski definition) is 3. The van der Waals surface area contributed by atoms with Crippen LogP contribution in [0.4, 0.5) is 0 Å². The fourth-order valence-electron chi connectivity index (χ4n) is 2.63. The Labute approximate surface area is 133 Å². The first-order chi connectivity index (χ1) is 10.7. The molecule has 0 aliphatic rings. The molecule has 2 aromatic carbocycles. The molecule has 0 aliphatic heterocycles. The largest absolute Gasteiger partial charge is 0.496 e. The van der Waals surface area contributed by atoms with E-state index in [1.807, 2.05) is 30.3 Å². The summed E-state index contributed by atoms with van der Waals surface area (Å²) < 4.78 is 11.2. The molecule has 1 atom stereocenters. The lowest BCUT2D eigenvalue weighted by atomic mass is 9.93. The third-order valence-corrected chi connectivity index (χ3v) is 3.82. The molecule has 0 heterocycles. The predicted octanol–water partition coefficient (Wildman–Crippen LogP) is 3.91. The smallest absolute Gasteiger partial charge is 0.122 e. The van der Waals surface area contributed by atoms with Gasteiger partial charge in [-0.3, -0.25) is 0 Å². The van der Waals surface area contributed by atoms with Crippen LogP contribution in [0.25, 0.3) is 0 Å². The van der Waals surface area contributed by atoms with Gasteiger partial charge in [0.05, 0.1) is 13.7 Å². The van der Waals surface area contributed by atoms with Gasteiger partial charge in [-0.15, -0.1) is 0 Å². The van der Waals surface area contributed by atoms with Crippen molar-refractivity contribution in [3.05, 3.63) is 59.7 Å². The minimum absolute atomic E-state index is 0.303. The van der Waals surface area contributed by atoms with E-state index in [0.29, 0.717) is 19.1 Å². The lowest BCUT2D eigenvalue weighted by Crippen LogP contribution is -2.14. The summed E-state index contributed by atoms with van der Waals surface area (Å²) >= 11 is 0. The van der Waals surface area contributed by atoms with Crippen LogP contribution in [0.5, 0.6) is 11.5 Å². The van der Waals surface area contributed by atoms with Crippen LogP contribution in [-0.4, -0.2) is 20.3 Å². The monoisotopic (exact) mass is 299 g/mol. The van der Waals surface area contributed by atoms with Gasteiger partial charge in [0.1, 0.15) is 11.5 Å². The molecule has 0 saturated heterocycles. The maximum Gasteiger partial charge on any atom is 0.122 e. The fraction of sp³-hybridized carbons (Fsp3) is 0.368. The second kappa shape index (κ2) is 8.44. The molecule has 2 N–H and O–H groups in total. The van der Waals surface area contributed by atoms with Crippen LogP contribution in [0.1, 0.15) is 29.9 Å². The molecular formula is C19H25NO2. The molecule has 0 amide bonds. The quantitative estimate of drug-likeness (QED) is 0.752. The molecule has 2 rings (SSSR count). The predicted molar refractivity (Wildman–Crippen MR) is 90.7 cm³/mol. The molecule has 0 spiro atoms. The number of rotatable bonds is 8. The highest BCUT2D eigenvalue weighted by Crippen LogP contribution is 2.29. The summed E-state index contributed by atoms with van der Waals surface area (Å²) in [5, 5.41) is 0. The van der Waals surface area contributed by atoms with Crippen molar-refractivity contribution in [1.29, 1.82) is 0 Å². The highest BCUT2D eigenvalue weighted by atomic mass is 16.5. The molecule has 3 heteroatoms. The van der Waals surface area contributed by atoms with Gasteiger partial charge < -0.3 is 15.2 Å². The number of aryl methyl sites for hydroxylation is 1.